The second-order valence-corrected chi connectivity index (χ2v) is 16.1. The van der Waals surface area contributed by atoms with Crippen LogP contribution in [0.3, 0.4) is 0 Å². The van der Waals surface area contributed by atoms with Crippen molar-refractivity contribution in [3.63, 3.8) is 0 Å². The summed E-state index contributed by atoms with van der Waals surface area (Å²) in [7, 11) is -12.2. The molecule has 0 fully saturated rings. The van der Waals surface area contributed by atoms with E-state index in [0.717, 1.165) is 51.4 Å². The number of hydrogen-bond donors (Lipinski definition) is 0. The number of alkyl halides is 6. The van der Waals surface area contributed by atoms with Gasteiger partial charge in [0.25, 0.3) is 0 Å². The molecule has 0 saturated heterocycles. The summed E-state index contributed by atoms with van der Waals surface area (Å²) < 4.78 is 125. The first-order valence-electron chi connectivity index (χ1n) is 18.4. The van der Waals surface area contributed by atoms with Crippen LogP contribution in [0.1, 0.15) is 129 Å². The SMILES string of the molecule is CCCCn1n[n+](CCCCCC[n+]2nn(CCCC)c3c2C(=O)c2ccccc2C3=O)c2c1C(=O)c1ccccc1C2=O.O=S(=O)([O-])C(F)(F)F.O=S(=O)([O-])C(F)(F)F. The van der Waals surface area contributed by atoms with Crippen molar-refractivity contribution in [2.45, 2.75) is 102 Å². The fourth-order valence-electron chi connectivity index (χ4n) is 6.21. The average Bonchev–Trinajstić information content (AvgIpc) is 3.73. The number of halogens is 6. The first-order valence-corrected chi connectivity index (χ1v) is 21.2. The lowest BCUT2D eigenvalue weighted by atomic mass is 9.90. The summed E-state index contributed by atoms with van der Waals surface area (Å²) in [4.78, 5) is 53.7. The summed E-state index contributed by atoms with van der Waals surface area (Å²) in [5.41, 5.74) is -8.00. The summed E-state index contributed by atoms with van der Waals surface area (Å²) in [6.07, 6.45) is 6.95. The molecular formula is C36H38F6N6O10S2. The molecule has 16 nitrogen and oxygen atoms in total. The van der Waals surface area contributed by atoms with Crippen LogP contribution in [0.15, 0.2) is 48.5 Å². The quantitative estimate of drug-likeness (QED) is 0.0524. The lowest BCUT2D eigenvalue weighted by molar-refractivity contribution is -0.758. The van der Waals surface area contributed by atoms with Crippen LogP contribution in [0.25, 0.3) is 0 Å². The molecule has 0 amide bonds. The lowest BCUT2D eigenvalue weighted by Gasteiger charge is -2.11. The van der Waals surface area contributed by atoms with Crippen molar-refractivity contribution in [2.24, 2.45) is 0 Å². The standard InChI is InChI=1S/C34H38N6O4.2CHF3O3S/c1-3-5-19-37-27-29(33(43)25-17-11-9-15-23(25)31(27)41)39(35-37)21-13-7-8-14-22-40-30-28(38(36-40)20-6-4-2)32(42)24-16-10-12-18-26(24)34(30)44;2*2-1(3,4)8(5,6)7/h9-12,15-18H,3-8,13-14,19-22H2,1-2H3;2*(H,5,6,7)/q+2;;/p-2. The first-order chi connectivity index (χ1) is 28.0. The minimum absolute atomic E-state index is 0.146. The van der Waals surface area contributed by atoms with Gasteiger partial charge in [0.05, 0.1) is 10.4 Å². The van der Waals surface area contributed by atoms with E-state index in [1.165, 1.54) is 0 Å². The van der Waals surface area contributed by atoms with Crippen molar-refractivity contribution in [1.82, 2.24) is 19.8 Å². The van der Waals surface area contributed by atoms with Gasteiger partial charge < -0.3 is 9.11 Å². The Morgan fingerprint density at radius 2 is 0.817 bits per heavy atom. The number of aromatic nitrogens is 6. The smallest absolute Gasteiger partial charge is 0.485 e. The van der Waals surface area contributed by atoms with Crippen LogP contribution in [0, 0.1) is 0 Å². The number of unbranched alkanes of at least 4 members (excludes halogenated alkanes) is 5. The minimum Gasteiger partial charge on any atom is -0.741 e. The fraction of sp³-hybridized carbons (Fsp3) is 0.444. The zero-order chi connectivity index (χ0) is 44.8. The van der Waals surface area contributed by atoms with Gasteiger partial charge >= 0.3 is 11.0 Å². The predicted octanol–water partition coefficient (Wildman–Crippen LogP) is 4.17. The van der Waals surface area contributed by atoms with Crippen LogP contribution in [-0.2, 0) is 46.4 Å². The number of rotatable bonds is 13. The highest BCUT2D eigenvalue weighted by atomic mass is 32.2. The van der Waals surface area contributed by atoms with Crippen molar-refractivity contribution in [3.8, 4) is 0 Å². The van der Waals surface area contributed by atoms with E-state index in [9.17, 15) is 45.5 Å². The predicted molar refractivity (Wildman–Crippen MR) is 191 cm³/mol. The van der Waals surface area contributed by atoms with Gasteiger partial charge in [0.15, 0.2) is 20.2 Å². The van der Waals surface area contributed by atoms with Gasteiger partial charge in [-0.3, -0.25) is 19.2 Å². The second kappa shape index (κ2) is 19.0. The molecule has 0 spiro atoms. The molecule has 0 atom stereocenters. The summed E-state index contributed by atoms with van der Waals surface area (Å²) >= 11 is 0. The molecule has 2 heterocycles. The lowest BCUT2D eigenvalue weighted by Crippen LogP contribution is -2.44. The maximum Gasteiger partial charge on any atom is 0.485 e. The van der Waals surface area contributed by atoms with Gasteiger partial charge in [0, 0.05) is 22.3 Å². The Balaban J connectivity index is 0.000000420. The molecule has 2 aromatic heterocycles. The molecule has 0 bridgehead atoms. The van der Waals surface area contributed by atoms with Crippen LogP contribution >= 0.6 is 0 Å². The molecule has 2 aromatic carbocycles. The number of benzene rings is 2. The van der Waals surface area contributed by atoms with E-state index in [4.69, 9.17) is 36.4 Å². The average molecular weight is 893 g/mol. The topological polar surface area (TPSA) is 226 Å². The monoisotopic (exact) mass is 892 g/mol. The highest BCUT2D eigenvalue weighted by Crippen LogP contribution is 2.27. The van der Waals surface area contributed by atoms with Crippen LogP contribution in [0.4, 0.5) is 26.3 Å². The maximum absolute atomic E-state index is 13.5. The highest BCUT2D eigenvalue weighted by molar-refractivity contribution is 7.86. The van der Waals surface area contributed by atoms with Gasteiger partial charge in [-0.25, -0.2) is 16.8 Å². The number of carbonyl (C=O) groups is 4. The second-order valence-electron chi connectivity index (χ2n) is 13.4. The zero-order valence-corrected chi connectivity index (χ0v) is 33.6. The molecule has 24 heteroatoms. The van der Waals surface area contributed by atoms with Gasteiger partial charge in [0.1, 0.15) is 26.2 Å². The number of fused-ring (bicyclic) bond motifs is 4. The van der Waals surface area contributed by atoms with Gasteiger partial charge in [0.2, 0.25) is 45.9 Å². The Kier molecular flexibility index (Phi) is 15.1. The molecule has 0 N–H and O–H groups in total. The summed E-state index contributed by atoms with van der Waals surface area (Å²) in [5, 5.41) is 9.39. The van der Waals surface area contributed by atoms with Crippen molar-refractivity contribution in [2.75, 3.05) is 0 Å². The Hall–Kier alpha value is -5.20. The molecule has 60 heavy (non-hydrogen) atoms. The normalized spacial score (nSPS) is 13.7. The zero-order valence-electron chi connectivity index (χ0n) is 32.0. The number of carbonyl (C=O) groups excluding carboxylic acids is 4. The fourth-order valence-corrected chi connectivity index (χ4v) is 6.21. The van der Waals surface area contributed by atoms with E-state index >= 15 is 0 Å². The maximum atomic E-state index is 13.5. The van der Waals surface area contributed by atoms with Gasteiger partial charge in [-0.1, -0.05) is 75.2 Å². The number of nitrogens with zero attached hydrogens (tertiary/aromatic N) is 6. The van der Waals surface area contributed by atoms with Crippen molar-refractivity contribution in [3.05, 3.63) is 93.6 Å². The van der Waals surface area contributed by atoms with E-state index in [0.29, 0.717) is 71.2 Å². The summed E-state index contributed by atoms with van der Waals surface area (Å²) in [6.45, 7) is 6.41. The molecule has 2 aliphatic carbocycles. The van der Waals surface area contributed by atoms with Crippen LogP contribution < -0.4 is 9.36 Å². The molecule has 6 rings (SSSR count). The van der Waals surface area contributed by atoms with E-state index in [1.807, 2.05) is 0 Å². The van der Waals surface area contributed by atoms with E-state index in [1.54, 1.807) is 67.3 Å². The van der Waals surface area contributed by atoms with Crippen LogP contribution in [0.2, 0.25) is 0 Å². The Morgan fingerprint density at radius 1 is 0.533 bits per heavy atom. The molecule has 0 aliphatic heterocycles. The van der Waals surface area contributed by atoms with E-state index in [2.05, 4.69) is 13.8 Å². The van der Waals surface area contributed by atoms with E-state index < -0.39 is 31.3 Å². The minimum atomic E-state index is -6.09. The van der Waals surface area contributed by atoms with Gasteiger partial charge in [-0.15, -0.1) is 18.7 Å². The van der Waals surface area contributed by atoms with Crippen LogP contribution in [0.5, 0.6) is 0 Å². The third-order valence-corrected chi connectivity index (χ3v) is 10.2. The van der Waals surface area contributed by atoms with Crippen molar-refractivity contribution >= 4 is 43.4 Å². The number of ketones is 4. The third-order valence-electron chi connectivity index (χ3n) is 9.11. The first kappa shape index (κ1) is 47.5. The Morgan fingerprint density at radius 3 is 1.08 bits per heavy atom. The molecular weight excluding hydrogens is 855 g/mol. The summed E-state index contributed by atoms with van der Waals surface area (Å²) in [6, 6.07) is 14.0. The Labute approximate surface area is 339 Å². The van der Waals surface area contributed by atoms with Gasteiger partial charge in [-0.2, -0.15) is 26.3 Å². The molecule has 326 valence electrons. The van der Waals surface area contributed by atoms with E-state index in [-0.39, 0.29) is 23.1 Å². The molecule has 0 radical (unpaired) electrons. The van der Waals surface area contributed by atoms with Crippen molar-refractivity contribution in [1.29, 1.82) is 0 Å². The number of aryl methyl sites for hydroxylation is 4. The van der Waals surface area contributed by atoms with Crippen LogP contribution in [-0.4, -0.2) is 79.9 Å². The molecule has 0 saturated carbocycles. The highest BCUT2D eigenvalue weighted by Gasteiger charge is 2.44. The number of hydrogen-bond acceptors (Lipinski definition) is 12. The largest absolute Gasteiger partial charge is 0.741 e. The molecule has 2 aliphatic rings. The molecule has 4 aromatic rings. The Bertz CT molecular complexity index is 2330. The van der Waals surface area contributed by atoms with Crippen molar-refractivity contribution < 1.29 is 80.8 Å². The summed E-state index contributed by atoms with van der Waals surface area (Å²) in [5.74, 6) is -0.601. The third kappa shape index (κ3) is 10.6. The van der Waals surface area contributed by atoms with Gasteiger partial charge in [-0.05, 0) is 38.5 Å². The molecule has 0 unspecified atom stereocenters.